The highest BCUT2D eigenvalue weighted by molar-refractivity contribution is 5.70. The zero-order chi connectivity index (χ0) is 60.5. The molecule has 0 aliphatic heterocycles. The van der Waals surface area contributed by atoms with Crippen LogP contribution in [0.5, 0.6) is 0 Å². The van der Waals surface area contributed by atoms with Crippen LogP contribution >= 0.6 is 0 Å². The first-order valence-electron chi connectivity index (χ1n) is 34.0. The van der Waals surface area contributed by atoms with Gasteiger partial charge in [0.2, 0.25) is 0 Å². The lowest BCUT2D eigenvalue weighted by Crippen LogP contribution is -2.44. The monoisotopic (exact) mass is 1160 g/mol. The topological polar surface area (TPSA) is 111 Å². The fraction of sp³-hybridized carbons (Fsp3) is 0.716. The average Bonchev–Trinajstić information content (AvgIpc) is 3.46. The molecule has 83 heavy (non-hydrogen) atoms. The van der Waals surface area contributed by atoms with Gasteiger partial charge in [0.1, 0.15) is 13.2 Å². The lowest BCUT2D eigenvalue weighted by molar-refractivity contribution is -0.870. The Kier molecular flexibility index (Phi) is 60.8. The van der Waals surface area contributed by atoms with Crippen LogP contribution < -0.4 is 5.11 Å². The maximum atomic E-state index is 12.9. The number of allylic oxidation sites excluding steroid dienone is 18. The number of rotatable bonds is 62. The Morgan fingerprint density at radius 2 is 0.651 bits per heavy atom. The van der Waals surface area contributed by atoms with E-state index in [0.717, 1.165) is 103 Å². The number of carbonyl (C=O) groups is 3. The van der Waals surface area contributed by atoms with Crippen molar-refractivity contribution in [2.75, 3.05) is 47.5 Å². The molecule has 0 amide bonds. The number of likely N-dealkylation sites (N-methyl/N-ethyl adjacent to an activating group) is 1. The summed E-state index contributed by atoms with van der Waals surface area (Å²) in [6.07, 6.45) is 86.1. The molecule has 0 rings (SSSR count). The highest BCUT2D eigenvalue weighted by Crippen LogP contribution is 2.17. The Morgan fingerprint density at radius 3 is 0.964 bits per heavy atom. The van der Waals surface area contributed by atoms with Gasteiger partial charge < -0.3 is 33.3 Å². The van der Waals surface area contributed by atoms with E-state index in [-0.39, 0.29) is 38.6 Å². The van der Waals surface area contributed by atoms with Crippen LogP contribution in [0.4, 0.5) is 0 Å². The first-order chi connectivity index (χ1) is 40.6. The van der Waals surface area contributed by atoms with Gasteiger partial charge in [-0.25, -0.2) is 0 Å². The average molecular weight is 1160 g/mol. The zero-order valence-corrected chi connectivity index (χ0v) is 54.3. The van der Waals surface area contributed by atoms with Crippen molar-refractivity contribution < 1.29 is 42.9 Å². The van der Waals surface area contributed by atoms with Crippen molar-refractivity contribution in [3.8, 4) is 0 Å². The van der Waals surface area contributed by atoms with E-state index in [1.165, 1.54) is 148 Å². The van der Waals surface area contributed by atoms with Gasteiger partial charge in [-0.2, -0.15) is 0 Å². The number of carboxylic acids is 1. The Labute approximate surface area is 511 Å². The number of hydrogen-bond acceptors (Lipinski definition) is 8. The molecule has 476 valence electrons. The van der Waals surface area contributed by atoms with E-state index in [1.807, 2.05) is 21.1 Å². The van der Waals surface area contributed by atoms with E-state index < -0.39 is 24.3 Å². The van der Waals surface area contributed by atoms with Crippen LogP contribution in [-0.2, 0) is 33.3 Å². The van der Waals surface area contributed by atoms with Crippen molar-refractivity contribution in [1.29, 1.82) is 0 Å². The maximum absolute atomic E-state index is 12.9. The van der Waals surface area contributed by atoms with E-state index in [2.05, 4.69) is 123 Å². The predicted octanol–water partition coefficient (Wildman–Crippen LogP) is 19.7. The summed E-state index contributed by atoms with van der Waals surface area (Å²) in [5.41, 5.74) is 0. The van der Waals surface area contributed by atoms with Crippen LogP contribution in [0.2, 0.25) is 0 Å². The minimum Gasteiger partial charge on any atom is -0.545 e. The van der Waals surface area contributed by atoms with Crippen molar-refractivity contribution in [2.24, 2.45) is 0 Å². The number of ether oxygens (including phenoxy) is 4. The van der Waals surface area contributed by atoms with Gasteiger partial charge in [-0.1, -0.05) is 284 Å². The number of quaternary nitrogens is 1. The molecule has 0 aliphatic carbocycles. The molecule has 0 spiro atoms. The van der Waals surface area contributed by atoms with Crippen LogP contribution in [0.15, 0.2) is 109 Å². The molecule has 0 bridgehead atoms. The molecule has 0 saturated heterocycles. The van der Waals surface area contributed by atoms with Crippen LogP contribution in [0.1, 0.15) is 284 Å². The van der Waals surface area contributed by atoms with Crippen molar-refractivity contribution in [3.05, 3.63) is 109 Å². The standard InChI is InChI=1S/C74H127NO8/c1-6-8-10-12-14-16-18-20-22-24-25-26-27-28-29-30-31-32-33-34-35-36-37-38-39-40-41-42-43-44-45-46-47-49-51-53-55-57-59-61-63-65-72(77)83-70(69-82-74(73(78)79)80-67-66-75(3,4)5)68-81-71(76)64-62-60-58-56-54-52-50-48-23-21-19-17-15-13-11-9-7-2/h8-11,14-17,20-23,25-26,28-29,31-32,70,74H,6-7,12-13,18-19,24,27,30,33-69H2,1-5H3/b10-8-,11-9-,16-14-,17-15-,22-20-,23-21-,26-25-,29-28-,32-31-. The largest absolute Gasteiger partial charge is 0.545 e. The molecule has 9 heteroatoms. The third kappa shape index (κ3) is 65.3. The number of esters is 2. The fourth-order valence-electron chi connectivity index (χ4n) is 9.38. The van der Waals surface area contributed by atoms with Gasteiger partial charge >= 0.3 is 11.9 Å². The van der Waals surface area contributed by atoms with Crippen LogP contribution in [0.3, 0.4) is 0 Å². The van der Waals surface area contributed by atoms with Gasteiger partial charge in [0.15, 0.2) is 12.4 Å². The second-order valence-electron chi connectivity index (χ2n) is 23.7. The van der Waals surface area contributed by atoms with E-state index in [4.69, 9.17) is 18.9 Å². The molecular formula is C74H127NO8. The highest BCUT2D eigenvalue weighted by Gasteiger charge is 2.22. The van der Waals surface area contributed by atoms with Gasteiger partial charge in [0, 0.05) is 12.8 Å². The highest BCUT2D eigenvalue weighted by atomic mass is 16.7. The van der Waals surface area contributed by atoms with E-state index in [1.54, 1.807) is 0 Å². The lowest BCUT2D eigenvalue weighted by atomic mass is 10.0. The summed E-state index contributed by atoms with van der Waals surface area (Å²) in [6, 6.07) is 0. The minimum atomic E-state index is -1.63. The number of unbranched alkanes of at least 4 members (excludes halogenated alkanes) is 29. The predicted molar refractivity (Wildman–Crippen MR) is 352 cm³/mol. The Morgan fingerprint density at radius 1 is 0.361 bits per heavy atom. The molecule has 0 aromatic heterocycles. The summed E-state index contributed by atoms with van der Waals surface area (Å²) in [6.45, 7) is 4.53. The van der Waals surface area contributed by atoms with Gasteiger partial charge in [-0.05, 0) is 96.3 Å². The smallest absolute Gasteiger partial charge is 0.306 e. The molecule has 2 atom stereocenters. The van der Waals surface area contributed by atoms with Crippen molar-refractivity contribution in [2.45, 2.75) is 296 Å². The SMILES string of the molecule is CC/C=C\C/C=C\C/C=C\C/C=C\C/C=C\C/C=C\CCCCCCCCCCCCCCCCCCCCCCCCC(=O)OC(COC(=O)CCCCCCCCC/C=C\C/C=C\C/C=C\CC)COC(OCC[N+](C)(C)C)C(=O)[O-]. The first-order valence-corrected chi connectivity index (χ1v) is 34.0. The molecule has 2 unspecified atom stereocenters. The van der Waals surface area contributed by atoms with Gasteiger partial charge in [0.05, 0.1) is 40.3 Å². The van der Waals surface area contributed by atoms with Gasteiger partial charge in [-0.15, -0.1) is 0 Å². The summed E-state index contributed by atoms with van der Waals surface area (Å²) < 4.78 is 22.7. The number of nitrogens with zero attached hydrogens (tertiary/aromatic N) is 1. The van der Waals surface area contributed by atoms with Crippen molar-refractivity contribution >= 4 is 17.9 Å². The van der Waals surface area contributed by atoms with E-state index >= 15 is 0 Å². The Hall–Kier alpha value is -4.05. The summed E-state index contributed by atoms with van der Waals surface area (Å²) in [5.74, 6) is -2.29. The molecule has 0 heterocycles. The molecule has 0 fully saturated rings. The summed E-state index contributed by atoms with van der Waals surface area (Å²) >= 11 is 0. The Bertz CT molecular complexity index is 1730. The number of hydrogen-bond donors (Lipinski definition) is 0. The molecule has 9 nitrogen and oxygen atoms in total. The minimum absolute atomic E-state index is 0.144. The number of carboxylic acid groups (broad SMARTS) is 1. The number of aliphatic carboxylic acids is 1. The molecule has 0 aliphatic rings. The second-order valence-corrected chi connectivity index (χ2v) is 23.7. The van der Waals surface area contributed by atoms with Crippen LogP contribution in [0, 0.1) is 0 Å². The third-order valence-corrected chi connectivity index (χ3v) is 14.5. The summed E-state index contributed by atoms with van der Waals surface area (Å²) in [4.78, 5) is 37.4. The summed E-state index contributed by atoms with van der Waals surface area (Å²) in [7, 11) is 5.92. The molecule has 0 aromatic carbocycles. The fourth-order valence-corrected chi connectivity index (χ4v) is 9.38. The van der Waals surface area contributed by atoms with Crippen LogP contribution in [0.25, 0.3) is 0 Å². The van der Waals surface area contributed by atoms with Crippen molar-refractivity contribution in [1.82, 2.24) is 0 Å². The van der Waals surface area contributed by atoms with Crippen molar-refractivity contribution in [3.63, 3.8) is 0 Å². The Balaban J connectivity index is 3.99. The quantitative estimate of drug-likeness (QED) is 0.0195. The van der Waals surface area contributed by atoms with Gasteiger partial charge in [-0.3, -0.25) is 9.59 Å². The molecule has 0 N–H and O–H groups in total. The first kappa shape index (κ1) is 79.0. The second kappa shape index (κ2) is 64.0. The van der Waals surface area contributed by atoms with E-state index in [9.17, 15) is 19.5 Å². The molecular weight excluding hydrogens is 1030 g/mol. The lowest BCUT2D eigenvalue weighted by Gasteiger charge is -2.26. The molecule has 0 saturated carbocycles. The normalized spacial score (nSPS) is 13.4. The molecule has 0 radical (unpaired) electrons. The van der Waals surface area contributed by atoms with Crippen LogP contribution in [-0.4, -0.2) is 82.3 Å². The number of carbonyl (C=O) groups excluding carboxylic acids is 3. The third-order valence-electron chi connectivity index (χ3n) is 14.5. The van der Waals surface area contributed by atoms with E-state index in [0.29, 0.717) is 17.4 Å². The maximum Gasteiger partial charge on any atom is 0.306 e. The zero-order valence-electron chi connectivity index (χ0n) is 54.3. The molecule has 0 aromatic rings. The van der Waals surface area contributed by atoms with Gasteiger partial charge in [0.25, 0.3) is 0 Å². The summed E-state index contributed by atoms with van der Waals surface area (Å²) in [5, 5.41) is 11.8.